The second-order valence-electron chi connectivity index (χ2n) is 3.75. The van der Waals surface area contributed by atoms with Crippen LogP contribution in [0.25, 0.3) is 0 Å². The molecular formula is C11H14ClNO. The normalized spacial score (nSPS) is 18.1. The van der Waals surface area contributed by atoms with E-state index in [0.29, 0.717) is 17.6 Å². The van der Waals surface area contributed by atoms with Crippen molar-refractivity contribution < 1.29 is 5.11 Å². The van der Waals surface area contributed by atoms with E-state index in [2.05, 4.69) is 5.32 Å². The van der Waals surface area contributed by atoms with Crippen LogP contribution in [0.4, 0.5) is 0 Å². The quantitative estimate of drug-likeness (QED) is 0.800. The van der Waals surface area contributed by atoms with Crippen molar-refractivity contribution in [3.8, 4) is 0 Å². The van der Waals surface area contributed by atoms with E-state index in [1.54, 1.807) is 12.1 Å². The molecule has 0 spiro atoms. The molecule has 1 saturated carbocycles. The van der Waals surface area contributed by atoms with E-state index >= 15 is 0 Å². The van der Waals surface area contributed by atoms with Crippen LogP contribution >= 0.6 is 11.6 Å². The first kappa shape index (κ1) is 9.97. The molecule has 1 aromatic carbocycles. The van der Waals surface area contributed by atoms with Gasteiger partial charge in [0.1, 0.15) is 0 Å². The van der Waals surface area contributed by atoms with E-state index in [9.17, 15) is 5.11 Å². The molecular weight excluding hydrogens is 198 g/mol. The Morgan fingerprint density at radius 1 is 1.36 bits per heavy atom. The summed E-state index contributed by atoms with van der Waals surface area (Å²) in [5, 5.41) is 13.8. The first-order chi connectivity index (χ1) is 6.75. The molecule has 1 fully saturated rings. The first-order valence-corrected chi connectivity index (χ1v) is 5.30. The van der Waals surface area contributed by atoms with Gasteiger partial charge in [0.2, 0.25) is 0 Å². The van der Waals surface area contributed by atoms with E-state index < -0.39 is 6.10 Å². The van der Waals surface area contributed by atoms with Gasteiger partial charge in [-0.2, -0.15) is 0 Å². The molecule has 1 aliphatic rings. The van der Waals surface area contributed by atoms with Crippen LogP contribution in [-0.4, -0.2) is 17.7 Å². The molecule has 2 N–H and O–H groups in total. The summed E-state index contributed by atoms with van der Waals surface area (Å²) in [6.45, 7) is 0.631. The fourth-order valence-corrected chi connectivity index (χ4v) is 1.49. The van der Waals surface area contributed by atoms with Crippen molar-refractivity contribution in [3.63, 3.8) is 0 Å². The number of aliphatic hydroxyl groups is 1. The molecule has 0 aliphatic heterocycles. The van der Waals surface area contributed by atoms with Gasteiger partial charge >= 0.3 is 0 Å². The molecule has 0 radical (unpaired) electrons. The van der Waals surface area contributed by atoms with Crippen molar-refractivity contribution >= 4 is 11.6 Å². The van der Waals surface area contributed by atoms with Gasteiger partial charge < -0.3 is 10.4 Å². The summed E-state index contributed by atoms with van der Waals surface area (Å²) in [6, 6.07) is 7.97. The number of halogens is 1. The van der Waals surface area contributed by atoms with Crippen LogP contribution in [0.3, 0.4) is 0 Å². The number of benzene rings is 1. The van der Waals surface area contributed by atoms with Gasteiger partial charge in [0, 0.05) is 17.6 Å². The number of hydrogen-bond donors (Lipinski definition) is 2. The van der Waals surface area contributed by atoms with Gasteiger partial charge in [-0.05, 0) is 30.5 Å². The SMILES string of the molecule is OC(CNC1CC1)c1ccc(Cl)cc1. The molecule has 0 bridgehead atoms. The van der Waals surface area contributed by atoms with Gasteiger partial charge in [-0.3, -0.25) is 0 Å². The second-order valence-corrected chi connectivity index (χ2v) is 4.19. The van der Waals surface area contributed by atoms with Gasteiger partial charge in [-0.15, -0.1) is 0 Å². The summed E-state index contributed by atoms with van der Waals surface area (Å²) < 4.78 is 0. The van der Waals surface area contributed by atoms with Crippen LogP contribution < -0.4 is 5.32 Å². The van der Waals surface area contributed by atoms with Gasteiger partial charge in [0.25, 0.3) is 0 Å². The highest BCUT2D eigenvalue weighted by Gasteiger charge is 2.21. The van der Waals surface area contributed by atoms with Gasteiger partial charge in [-0.25, -0.2) is 0 Å². The lowest BCUT2D eigenvalue weighted by molar-refractivity contribution is 0.174. The summed E-state index contributed by atoms with van der Waals surface area (Å²) in [4.78, 5) is 0. The highest BCUT2D eigenvalue weighted by molar-refractivity contribution is 6.30. The van der Waals surface area contributed by atoms with Crippen LogP contribution in [0.5, 0.6) is 0 Å². The molecule has 3 heteroatoms. The van der Waals surface area contributed by atoms with Crippen molar-refractivity contribution in [2.24, 2.45) is 0 Å². The Balaban J connectivity index is 1.88. The smallest absolute Gasteiger partial charge is 0.0914 e. The fraction of sp³-hybridized carbons (Fsp3) is 0.455. The summed E-state index contributed by atoms with van der Waals surface area (Å²) >= 11 is 5.76. The largest absolute Gasteiger partial charge is 0.387 e. The molecule has 0 aromatic heterocycles. The Hall–Kier alpha value is -0.570. The molecule has 1 aliphatic carbocycles. The zero-order valence-electron chi connectivity index (χ0n) is 7.91. The Kier molecular flexibility index (Phi) is 3.06. The summed E-state index contributed by atoms with van der Waals surface area (Å²) in [7, 11) is 0. The maximum Gasteiger partial charge on any atom is 0.0914 e. The highest BCUT2D eigenvalue weighted by atomic mass is 35.5. The maximum atomic E-state index is 9.78. The summed E-state index contributed by atoms with van der Waals surface area (Å²) in [5.74, 6) is 0. The number of hydrogen-bond acceptors (Lipinski definition) is 2. The predicted molar refractivity (Wildman–Crippen MR) is 57.4 cm³/mol. The minimum atomic E-state index is -0.423. The van der Waals surface area contributed by atoms with Gasteiger partial charge in [0.15, 0.2) is 0 Å². The van der Waals surface area contributed by atoms with Crippen LogP contribution in [-0.2, 0) is 0 Å². The van der Waals surface area contributed by atoms with Crippen LogP contribution in [0.2, 0.25) is 5.02 Å². The molecule has 1 unspecified atom stereocenters. The monoisotopic (exact) mass is 211 g/mol. The summed E-state index contributed by atoms with van der Waals surface area (Å²) in [5.41, 5.74) is 0.919. The lowest BCUT2D eigenvalue weighted by atomic mass is 10.1. The number of rotatable bonds is 4. The van der Waals surface area contributed by atoms with E-state index in [0.717, 1.165) is 5.56 Å². The highest BCUT2D eigenvalue weighted by Crippen LogP contribution is 2.21. The third-order valence-corrected chi connectivity index (χ3v) is 2.68. The lowest BCUT2D eigenvalue weighted by Gasteiger charge is -2.11. The molecule has 2 rings (SSSR count). The first-order valence-electron chi connectivity index (χ1n) is 4.92. The van der Waals surface area contributed by atoms with Crippen LogP contribution in [0.1, 0.15) is 24.5 Å². The van der Waals surface area contributed by atoms with E-state index in [-0.39, 0.29) is 0 Å². The predicted octanol–water partition coefficient (Wildman–Crippen LogP) is 2.13. The van der Waals surface area contributed by atoms with Crippen molar-refractivity contribution in [1.29, 1.82) is 0 Å². The molecule has 1 atom stereocenters. The van der Waals surface area contributed by atoms with E-state index in [1.165, 1.54) is 12.8 Å². The zero-order chi connectivity index (χ0) is 9.97. The average Bonchev–Trinajstić information content (AvgIpc) is 2.99. The molecule has 1 aromatic rings. The van der Waals surface area contributed by atoms with E-state index in [4.69, 9.17) is 11.6 Å². The third kappa shape index (κ3) is 2.71. The van der Waals surface area contributed by atoms with Crippen molar-refractivity contribution in [1.82, 2.24) is 5.32 Å². The molecule has 14 heavy (non-hydrogen) atoms. The molecule has 0 saturated heterocycles. The minimum Gasteiger partial charge on any atom is -0.387 e. The molecule has 0 amide bonds. The average molecular weight is 212 g/mol. The van der Waals surface area contributed by atoms with Crippen molar-refractivity contribution in [3.05, 3.63) is 34.9 Å². The lowest BCUT2D eigenvalue weighted by Crippen LogP contribution is -2.23. The molecule has 76 valence electrons. The van der Waals surface area contributed by atoms with Crippen LogP contribution in [0.15, 0.2) is 24.3 Å². The maximum absolute atomic E-state index is 9.78. The Bertz CT molecular complexity index is 295. The Morgan fingerprint density at radius 2 is 2.00 bits per heavy atom. The second kappa shape index (κ2) is 4.30. The topological polar surface area (TPSA) is 32.3 Å². The fourth-order valence-electron chi connectivity index (χ4n) is 1.37. The number of aliphatic hydroxyl groups excluding tert-OH is 1. The van der Waals surface area contributed by atoms with E-state index in [1.807, 2.05) is 12.1 Å². The van der Waals surface area contributed by atoms with Crippen LogP contribution in [0, 0.1) is 0 Å². The standard InChI is InChI=1S/C11H14ClNO/c12-9-3-1-8(2-4-9)11(14)7-13-10-5-6-10/h1-4,10-11,13-14H,5-7H2. The molecule has 2 nitrogen and oxygen atoms in total. The van der Waals surface area contributed by atoms with Gasteiger partial charge in [-0.1, -0.05) is 23.7 Å². The minimum absolute atomic E-state index is 0.423. The number of nitrogens with one attached hydrogen (secondary N) is 1. The summed E-state index contributed by atoms with van der Waals surface area (Å²) in [6.07, 6.45) is 2.06. The third-order valence-electron chi connectivity index (χ3n) is 2.43. The zero-order valence-corrected chi connectivity index (χ0v) is 8.67. The Morgan fingerprint density at radius 3 is 2.57 bits per heavy atom. The van der Waals surface area contributed by atoms with Crippen molar-refractivity contribution in [2.45, 2.75) is 25.0 Å². The van der Waals surface area contributed by atoms with Crippen molar-refractivity contribution in [2.75, 3.05) is 6.54 Å². The Labute approximate surface area is 88.9 Å². The molecule has 0 heterocycles. The van der Waals surface area contributed by atoms with Gasteiger partial charge in [0.05, 0.1) is 6.10 Å².